The minimum atomic E-state index is -2.07. The van der Waals surface area contributed by atoms with Crippen LogP contribution in [0.15, 0.2) is 70.9 Å². The lowest BCUT2D eigenvalue weighted by atomic mass is 9.93. The van der Waals surface area contributed by atoms with Crippen LogP contribution in [0.25, 0.3) is 5.57 Å². The van der Waals surface area contributed by atoms with Crippen LogP contribution in [0.4, 0.5) is 46.5 Å². The highest BCUT2D eigenvalue weighted by atomic mass is 19.2. The summed E-state index contributed by atoms with van der Waals surface area (Å²) in [6.45, 7) is 0. The van der Waals surface area contributed by atoms with Crippen molar-refractivity contribution in [3.8, 4) is 18.3 Å². The molecule has 13 heteroatoms. The van der Waals surface area contributed by atoms with Crippen molar-refractivity contribution < 1.29 is 35.1 Å². The van der Waals surface area contributed by atoms with E-state index in [-0.39, 0.29) is 5.71 Å². The second kappa shape index (κ2) is 11.2. The first-order chi connectivity index (χ1) is 19.5. The van der Waals surface area contributed by atoms with Crippen LogP contribution in [0.3, 0.4) is 0 Å². The highest BCUT2D eigenvalue weighted by molar-refractivity contribution is 6.15. The van der Waals surface area contributed by atoms with Gasteiger partial charge in [-0.2, -0.15) is 20.8 Å². The van der Waals surface area contributed by atoms with Gasteiger partial charge in [0.25, 0.3) is 0 Å². The first kappa shape index (κ1) is 28.3. The van der Waals surface area contributed by atoms with Crippen molar-refractivity contribution in [1.82, 2.24) is 0 Å². The molecule has 0 amide bonds. The summed E-state index contributed by atoms with van der Waals surface area (Å²) in [7, 11) is 0. The Morgan fingerprint density at radius 3 is 1.56 bits per heavy atom. The molecule has 0 saturated heterocycles. The summed E-state index contributed by atoms with van der Waals surface area (Å²) in [5.74, 6) is -12.8. The standard InChI is InChI=1S/C28H9F8N5/c29-14-4-15(30)7-18(6-14)41(19-8-16(31)5-17(32)9-19)23-3-13(1-2-22(23)40-12-39)20(10-37)24-27(35)25(33)21(11-38)26(34)28(24)36/h1-9H/b20-13+,40-22?. The Morgan fingerprint density at radius 1 is 0.659 bits per heavy atom. The summed E-state index contributed by atoms with van der Waals surface area (Å²) in [5.41, 5.74) is -6.09. The minimum Gasteiger partial charge on any atom is -0.308 e. The number of hydrogen-bond acceptors (Lipinski definition) is 5. The van der Waals surface area contributed by atoms with Crippen LogP contribution in [0.2, 0.25) is 0 Å². The molecule has 0 aromatic heterocycles. The van der Waals surface area contributed by atoms with Gasteiger partial charge >= 0.3 is 0 Å². The topological polar surface area (TPSA) is 87.0 Å². The van der Waals surface area contributed by atoms with E-state index in [9.17, 15) is 45.6 Å². The van der Waals surface area contributed by atoms with Gasteiger partial charge in [0.05, 0.1) is 33.9 Å². The fourth-order valence-corrected chi connectivity index (χ4v) is 3.98. The number of allylic oxidation sites excluding steroid dienone is 5. The number of nitrogens with zero attached hydrogens (tertiary/aromatic N) is 5. The molecule has 0 spiro atoms. The molecule has 4 rings (SSSR count). The molecule has 0 heterocycles. The van der Waals surface area contributed by atoms with Crippen molar-refractivity contribution in [2.24, 2.45) is 4.99 Å². The van der Waals surface area contributed by atoms with E-state index in [0.29, 0.717) is 12.1 Å². The van der Waals surface area contributed by atoms with Crippen molar-refractivity contribution in [3.05, 3.63) is 124 Å². The van der Waals surface area contributed by atoms with Gasteiger partial charge in [-0.15, -0.1) is 0 Å². The fourth-order valence-electron chi connectivity index (χ4n) is 3.98. The highest BCUT2D eigenvalue weighted by Crippen LogP contribution is 2.37. The normalized spacial score (nSPS) is 14.7. The Balaban J connectivity index is 2.10. The smallest absolute Gasteiger partial charge is 0.206 e. The summed E-state index contributed by atoms with van der Waals surface area (Å²) >= 11 is 0. The monoisotopic (exact) mass is 567 g/mol. The molecule has 0 unspecified atom stereocenters. The second-order valence-corrected chi connectivity index (χ2v) is 8.11. The average molecular weight is 567 g/mol. The molecule has 0 atom stereocenters. The summed E-state index contributed by atoms with van der Waals surface area (Å²) in [5, 5.41) is 27.8. The molecule has 41 heavy (non-hydrogen) atoms. The van der Waals surface area contributed by atoms with E-state index in [2.05, 4.69) is 4.99 Å². The van der Waals surface area contributed by atoms with Gasteiger partial charge in [-0.1, -0.05) is 6.08 Å². The van der Waals surface area contributed by atoms with Crippen molar-refractivity contribution in [1.29, 1.82) is 15.8 Å². The van der Waals surface area contributed by atoms with E-state index in [4.69, 9.17) is 5.26 Å². The zero-order valence-electron chi connectivity index (χ0n) is 20.0. The average Bonchev–Trinajstić information content (AvgIpc) is 2.90. The second-order valence-electron chi connectivity index (χ2n) is 8.11. The summed E-state index contributed by atoms with van der Waals surface area (Å²) in [6.07, 6.45) is 4.30. The molecule has 0 aliphatic heterocycles. The van der Waals surface area contributed by atoms with E-state index in [1.807, 2.05) is 0 Å². The van der Waals surface area contributed by atoms with Gasteiger partial charge in [0.2, 0.25) is 6.19 Å². The SMILES string of the molecule is N#CN=C1C=C/C(=C(/C#N)c2c(F)c(F)c(C#N)c(F)c2F)C=C1N(c1cc(F)cc(F)c1)c1cc(F)cc(F)c1. The van der Waals surface area contributed by atoms with Crippen molar-refractivity contribution in [2.45, 2.75) is 0 Å². The zero-order valence-corrected chi connectivity index (χ0v) is 20.0. The van der Waals surface area contributed by atoms with Gasteiger partial charge in [-0.05, 0) is 42.0 Å². The van der Waals surface area contributed by atoms with Crippen molar-refractivity contribution in [3.63, 3.8) is 0 Å². The molecule has 5 nitrogen and oxygen atoms in total. The summed E-state index contributed by atoms with van der Waals surface area (Å²) in [4.78, 5) is 4.36. The minimum absolute atomic E-state index is 0.319. The van der Waals surface area contributed by atoms with Crippen LogP contribution < -0.4 is 4.90 Å². The van der Waals surface area contributed by atoms with Gasteiger partial charge in [0.1, 0.15) is 41.0 Å². The van der Waals surface area contributed by atoms with Gasteiger partial charge in [0.15, 0.2) is 23.3 Å². The van der Waals surface area contributed by atoms with Crippen LogP contribution in [0.5, 0.6) is 0 Å². The molecule has 1 aliphatic rings. The molecule has 0 radical (unpaired) electrons. The zero-order chi connectivity index (χ0) is 30.0. The molecule has 202 valence electrons. The number of nitriles is 3. The number of halogens is 8. The molecule has 3 aromatic rings. The Bertz CT molecular complexity index is 1750. The number of aliphatic imine (C=N–C) groups is 1. The van der Waals surface area contributed by atoms with E-state index < -0.39 is 85.9 Å². The third kappa shape index (κ3) is 5.27. The first-order valence-electron chi connectivity index (χ1n) is 11.0. The van der Waals surface area contributed by atoms with Crippen LogP contribution in [0, 0.1) is 80.7 Å². The molecule has 0 bridgehead atoms. The molecule has 0 saturated carbocycles. The number of rotatable bonds is 4. The van der Waals surface area contributed by atoms with E-state index in [0.717, 1.165) is 53.5 Å². The Labute approximate surface area is 225 Å². The lowest BCUT2D eigenvalue weighted by Gasteiger charge is -2.29. The van der Waals surface area contributed by atoms with Gasteiger partial charge in [-0.3, -0.25) is 0 Å². The largest absolute Gasteiger partial charge is 0.308 e. The van der Waals surface area contributed by atoms with Crippen molar-refractivity contribution >= 4 is 22.7 Å². The maximum atomic E-state index is 14.8. The maximum absolute atomic E-state index is 14.8. The van der Waals surface area contributed by atoms with Gasteiger partial charge < -0.3 is 4.90 Å². The van der Waals surface area contributed by atoms with Crippen LogP contribution in [0.1, 0.15) is 11.1 Å². The predicted molar refractivity (Wildman–Crippen MR) is 129 cm³/mol. The summed E-state index contributed by atoms with van der Waals surface area (Å²) in [6, 6.07) is 6.34. The Hall–Kier alpha value is -5.74. The molecule has 0 fully saturated rings. The number of hydrogen-bond donors (Lipinski definition) is 0. The van der Waals surface area contributed by atoms with Crippen LogP contribution >= 0.6 is 0 Å². The quantitative estimate of drug-likeness (QED) is 0.145. The van der Waals surface area contributed by atoms with Gasteiger partial charge in [0, 0.05) is 12.1 Å². The lowest BCUT2D eigenvalue weighted by Crippen LogP contribution is -2.24. The van der Waals surface area contributed by atoms with E-state index in [1.54, 1.807) is 0 Å². The molecule has 3 aromatic carbocycles. The maximum Gasteiger partial charge on any atom is 0.206 e. The van der Waals surface area contributed by atoms with Crippen LogP contribution in [-0.4, -0.2) is 5.71 Å². The molecular weight excluding hydrogens is 558 g/mol. The number of benzene rings is 3. The summed E-state index contributed by atoms with van der Waals surface area (Å²) < 4.78 is 115. The van der Waals surface area contributed by atoms with E-state index in [1.165, 1.54) is 12.3 Å². The predicted octanol–water partition coefficient (Wildman–Crippen LogP) is 7.16. The lowest BCUT2D eigenvalue weighted by molar-refractivity contribution is 0.447. The molecule has 1 aliphatic carbocycles. The molecular formula is C28H9F8N5. The third-order valence-corrected chi connectivity index (χ3v) is 5.62. The molecule has 0 N–H and O–H groups in total. The first-order valence-corrected chi connectivity index (χ1v) is 11.0. The van der Waals surface area contributed by atoms with Gasteiger partial charge in [-0.25, -0.2) is 35.1 Å². The van der Waals surface area contributed by atoms with Crippen molar-refractivity contribution in [2.75, 3.05) is 4.90 Å². The van der Waals surface area contributed by atoms with Crippen LogP contribution in [-0.2, 0) is 0 Å². The highest BCUT2D eigenvalue weighted by Gasteiger charge is 2.30. The van der Waals surface area contributed by atoms with E-state index >= 15 is 0 Å². The fraction of sp³-hybridized carbons (Fsp3) is 0. The Morgan fingerprint density at radius 2 is 1.15 bits per heavy atom. The Kier molecular flexibility index (Phi) is 7.70. The third-order valence-electron chi connectivity index (χ3n) is 5.62. The number of anilines is 2.